The predicted molar refractivity (Wildman–Crippen MR) is 69.9 cm³/mol. The first-order chi connectivity index (χ1) is 8.73. The zero-order chi connectivity index (χ0) is 12.6. The van der Waals surface area contributed by atoms with Crippen molar-refractivity contribution in [1.82, 2.24) is 4.98 Å². The molecule has 1 N–H and O–H groups in total. The number of aliphatic imine (C=N–C) groups is 1. The van der Waals surface area contributed by atoms with Crippen molar-refractivity contribution in [1.29, 1.82) is 0 Å². The maximum Gasteiger partial charge on any atom is 0.185 e. The highest BCUT2D eigenvalue weighted by atomic mass is 16.6. The Morgan fingerprint density at radius 1 is 1.56 bits per heavy atom. The fraction of sp³-hybridized carbons (Fsp3) is 0.643. The molecule has 1 saturated heterocycles. The van der Waals surface area contributed by atoms with Crippen molar-refractivity contribution in [2.75, 3.05) is 7.11 Å². The van der Waals surface area contributed by atoms with Crippen LogP contribution in [-0.4, -0.2) is 35.7 Å². The molecule has 3 atom stereocenters. The van der Waals surface area contributed by atoms with Crippen LogP contribution in [0, 0.1) is 0 Å². The van der Waals surface area contributed by atoms with E-state index in [2.05, 4.69) is 18.0 Å². The Morgan fingerprint density at radius 2 is 2.44 bits per heavy atom. The Morgan fingerprint density at radius 3 is 3.11 bits per heavy atom. The SMILES string of the molecule is CO[C@@H]1CC(c2ccc[nH]2)=NC12CCCC(C)O2. The van der Waals surface area contributed by atoms with Gasteiger partial charge in [0.25, 0.3) is 0 Å². The van der Waals surface area contributed by atoms with Crippen molar-refractivity contribution >= 4 is 5.71 Å². The summed E-state index contributed by atoms with van der Waals surface area (Å²) in [5, 5.41) is 0. The number of nitrogens with one attached hydrogen (secondary N) is 1. The summed E-state index contributed by atoms with van der Waals surface area (Å²) in [4.78, 5) is 8.08. The van der Waals surface area contributed by atoms with Gasteiger partial charge in [0.15, 0.2) is 5.72 Å². The van der Waals surface area contributed by atoms with Gasteiger partial charge in [0, 0.05) is 19.7 Å². The lowest BCUT2D eigenvalue weighted by Gasteiger charge is -2.38. The number of ether oxygens (including phenoxy) is 2. The molecule has 18 heavy (non-hydrogen) atoms. The standard InChI is InChI=1S/C14H20N2O2/c1-10-5-3-7-14(18-10)13(17-2)9-12(16-14)11-6-4-8-15-11/h4,6,8,10,13,15H,3,5,7,9H2,1-2H3/t10?,13-,14?/m1/s1. The minimum atomic E-state index is -0.452. The molecule has 1 aromatic heterocycles. The first-order valence-electron chi connectivity index (χ1n) is 6.66. The maximum atomic E-state index is 6.14. The van der Waals surface area contributed by atoms with Gasteiger partial charge in [-0.2, -0.15) is 0 Å². The smallest absolute Gasteiger partial charge is 0.185 e. The second-order valence-corrected chi connectivity index (χ2v) is 5.24. The molecule has 2 unspecified atom stereocenters. The topological polar surface area (TPSA) is 46.6 Å². The lowest BCUT2D eigenvalue weighted by Crippen LogP contribution is -2.46. The Labute approximate surface area is 107 Å². The van der Waals surface area contributed by atoms with Gasteiger partial charge in [0.1, 0.15) is 6.10 Å². The summed E-state index contributed by atoms with van der Waals surface area (Å²) in [5.41, 5.74) is 1.70. The van der Waals surface area contributed by atoms with Crippen LogP contribution in [0.15, 0.2) is 23.3 Å². The zero-order valence-electron chi connectivity index (χ0n) is 11.0. The molecule has 3 rings (SSSR count). The number of hydrogen-bond acceptors (Lipinski definition) is 3. The zero-order valence-corrected chi connectivity index (χ0v) is 11.0. The minimum absolute atomic E-state index is 0.0403. The number of H-pyrrole nitrogens is 1. The molecular formula is C14H20N2O2. The number of rotatable bonds is 2. The van der Waals surface area contributed by atoms with Crippen LogP contribution in [0.25, 0.3) is 0 Å². The molecule has 2 aliphatic heterocycles. The molecule has 4 nitrogen and oxygen atoms in total. The van der Waals surface area contributed by atoms with Gasteiger partial charge in [-0.3, -0.25) is 4.99 Å². The lowest BCUT2D eigenvalue weighted by molar-refractivity contribution is -0.172. The van der Waals surface area contributed by atoms with E-state index in [1.54, 1.807) is 7.11 Å². The molecule has 0 saturated carbocycles. The minimum Gasteiger partial charge on any atom is -0.376 e. The summed E-state index contributed by atoms with van der Waals surface area (Å²) < 4.78 is 11.8. The highest BCUT2D eigenvalue weighted by Crippen LogP contribution is 2.40. The van der Waals surface area contributed by atoms with Crippen molar-refractivity contribution in [3.8, 4) is 0 Å². The fourth-order valence-electron chi connectivity index (χ4n) is 3.06. The summed E-state index contributed by atoms with van der Waals surface area (Å²) in [7, 11) is 1.75. The van der Waals surface area contributed by atoms with E-state index >= 15 is 0 Å². The molecule has 3 heterocycles. The largest absolute Gasteiger partial charge is 0.376 e. The molecule has 0 aliphatic carbocycles. The Bertz CT molecular complexity index is 441. The lowest BCUT2D eigenvalue weighted by atomic mass is 9.95. The highest BCUT2D eigenvalue weighted by Gasteiger charge is 2.48. The van der Waals surface area contributed by atoms with Crippen LogP contribution in [0.1, 0.15) is 38.3 Å². The fourth-order valence-corrected chi connectivity index (χ4v) is 3.06. The van der Waals surface area contributed by atoms with Gasteiger partial charge in [-0.05, 0) is 38.3 Å². The van der Waals surface area contributed by atoms with Crippen LogP contribution < -0.4 is 0 Å². The van der Waals surface area contributed by atoms with E-state index in [1.807, 2.05) is 12.3 Å². The second-order valence-electron chi connectivity index (χ2n) is 5.24. The third-order valence-electron chi connectivity index (χ3n) is 3.95. The van der Waals surface area contributed by atoms with Gasteiger partial charge in [0.05, 0.1) is 17.5 Å². The van der Waals surface area contributed by atoms with Crippen LogP contribution in [-0.2, 0) is 9.47 Å². The van der Waals surface area contributed by atoms with Gasteiger partial charge >= 0.3 is 0 Å². The third-order valence-corrected chi connectivity index (χ3v) is 3.95. The van der Waals surface area contributed by atoms with Gasteiger partial charge in [0.2, 0.25) is 0 Å². The number of methoxy groups -OCH3 is 1. The number of hydrogen-bond donors (Lipinski definition) is 1. The third kappa shape index (κ3) is 1.89. The van der Waals surface area contributed by atoms with Crippen molar-refractivity contribution in [2.24, 2.45) is 4.99 Å². The van der Waals surface area contributed by atoms with E-state index in [0.717, 1.165) is 37.1 Å². The normalized spacial score (nSPS) is 36.0. The summed E-state index contributed by atoms with van der Waals surface area (Å²) in [6.07, 6.45) is 6.29. The average molecular weight is 248 g/mol. The van der Waals surface area contributed by atoms with Gasteiger partial charge in [-0.25, -0.2) is 0 Å². The van der Waals surface area contributed by atoms with Gasteiger partial charge < -0.3 is 14.5 Å². The molecule has 0 bridgehead atoms. The molecule has 1 fully saturated rings. The maximum absolute atomic E-state index is 6.14. The van der Waals surface area contributed by atoms with Crippen LogP contribution >= 0.6 is 0 Å². The van der Waals surface area contributed by atoms with Crippen molar-refractivity contribution in [2.45, 2.75) is 50.5 Å². The molecular weight excluding hydrogens is 228 g/mol. The molecule has 98 valence electrons. The summed E-state index contributed by atoms with van der Waals surface area (Å²) in [5.74, 6) is 0. The summed E-state index contributed by atoms with van der Waals surface area (Å²) >= 11 is 0. The van der Waals surface area contributed by atoms with Crippen molar-refractivity contribution < 1.29 is 9.47 Å². The number of aromatic nitrogens is 1. The van der Waals surface area contributed by atoms with E-state index in [1.165, 1.54) is 0 Å². The van der Waals surface area contributed by atoms with Gasteiger partial charge in [-0.1, -0.05) is 0 Å². The first kappa shape index (κ1) is 11.9. The van der Waals surface area contributed by atoms with E-state index < -0.39 is 5.72 Å². The number of nitrogens with zero attached hydrogens (tertiary/aromatic N) is 1. The quantitative estimate of drug-likeness (QED) is 0.874. The Kier molecular flexibility index (Phi) is 2.99. The van der Waals surface area contributed by atoms with Gasteiger partial charge in [-0.15, -0.1) is 0 Å². The molecule has 0 radical (unpaired) electrons. The van der Waals surface area contributed by atoms with Crippen LogP contribution in [0.3, 0.4) is 0 Å². The van der Waals surface area contributed by atoms with Crippen LogP contribution in [0.2, 0.25) is 0 Å². The average Bonchev–Trinajstić information content (AvgIpc) is 2.96. The van der Waals surface area contributed by atoms with Crippen molar-refractivity contribution in [3.63, 3.8) is 0 Å². The summed E-state index contributed by atoms with van der Waals surface area (Å²) in [6.45, 7) is 2.12. The van der Waals surface area contributed by atoms with E-state index in [-0.39, 0.29) is 12.2 Å². The monoisotopic (exact) mass is 248 g/mol. The summed E-state index contributed by atoms with van der Waals surface area (Å²) in [6, 6.07) is 4.05. The number of aromatic amines is 1. The second kappa shape index (κ2) is 4.52. The molecule has 1 aromatic rings. The van der Waals surface area contributed by atoms with E-state index in [0.29, 0.717) is 0 Å². The van der Waals surface area contributed by atoms with Crippen LogP contribution in [0.4, 0.5) is 0 Å². The molecule has 0 amide bonds. The van der Waals surface area contributed by atoms with E-state index in [4.69, 9.17) is 14.5 Å². The first-order valence-corrected chi connectivity index (χ1v) is 6.66. The Balaban J connectivity index is 1.91. The molecule has 4 heteroatoms. The predicted octanol–water partition coefficient (Wildman–Crippen LogP) is 2.51. The Hall–Kier alpha value is -1.13. The molecule has 0 aromatic carbocycles. The molecule has 2 aliphatic rings. The highest BCUT2D eigenvalue weighted by molar-refractivity contribution is 6.01. The van der Waals surface area contributed by atoms with Crippen LogP contribution in [0.5, 0.6) is 0 Å². The van der Waals surface area contributed by atoms with E-state index in [9.17, 15) is 0 Å². The molecule has 1 spiro atoms. The van der Waals surface area contributed by atoms with Crippen molar-refractivity contribution in [3.05, 3.63) is 24.0 Å².